The summed E-state index contributed by atoms with van der Waals surface area (Å²) >= 11 is 0. The van der Waals surface area contributed by atoms with Crippen LogP contribution in [0.4, 0.5) is 0 Å². The van der Waals surface area contributed by atoms with Crippen molar-refractivity contribution >= 4 is 12.4 Å². The highest BCUT2D eigenvalue weighted by Crippen LogP contribution is 1.95. The molecule has 1 heterocycles. The van der Waals surface area contributed by atoms with Gasteiger partial charge in [-0.3, -0.25) is 0 Å². The van der Waals surface area contributed by atoms with Crippen LogP contribution in [0.1, 0.15) is 6.42 Å². The monoisotopic (exact) mass is 167 g/mol. The first-order valence-electron chi connectivity index (χ1n) is 3.35. The minimum atomic E-state index is 0. The van der Waals surface area contributed by atoms with Crippen molar-refractivity contribution in [3.05, 3.63) is 0 Å². The van der Waals surface area contributed by atoms with Gasteiger partial charge < -0.3 is 15.2 Å². The lowest BCUT2D eigenvalue weighted by molar-refractivity contribution is 0.146. The van der Waals surface area contributed by atoms with Crippen molar-refractivity contribution in [2.24, 2.45) is 0 Å². The Morgan fingerprint density at radius 1 is 1.50 bits per heavy atom. The van der Waals surface area contributed by atoms with Gasteiger partial charge in [-0.2, -0.15) is 0 Å². The van der Waals surface area contributed by atoms with Gasteiger partial charge in [0.2, 0.25) is 0 Å². The molecule has 0 aromatic rings. The summed E-state index contributed by atoms with van der Waals surface area (Å²) in [5.74, 6) is 0. The quantitative estimate of drug-likeness (QED) is 0.568. The molecule has 0 amide bonds. The van der Waals surface area contributed by atoms with Gasteiger partial charge in [0.1, 0.15) is 0 Å². The van der Waals surface area contributed by atoms with Crippen LogP contribution >= 0.6 is 12.4 Å². The van der Waals surface area contributed by atoms with Crippen LogP contribution in [0.15, 0.2) is 0 Å². The number of hydrogen-bond donors (Lipinski definition) is 2. The summed E-state index contributed by atoms with van der Waals surface area (Å²) in [4.78, 5) is 0. The predicted molar refractivity (Wildman–Crippen MR) is 41.6 cm³/mol. The fraction of sp³-hybridized carbons (Fsp3) is 1.00. The van der Waals surface area contributed by atoms with E-state index in [1.165, 1.54) is 0 Å². The zero-order valence-electron chi connectivity index (χ0n) is 5.88. The van der Waals surface area contributed by atoms with Crippen LogP contribution in [0.3, 0.4) is 0 Å². The molecule has 1 aliphatic rings. The molecule has 0 radical (unpaired) electrons. The van der Waals surface area contributed by atoms with Crippen LogP contribution in [0, 0.1) is 0 Å². The molecule has 1 aliphatic heterocycles. The van der Waals surface area contributed by atoms with Crippen LogP contribution in [-0.2, 0) is 4.74 Å². The molecule has 0 saturated carbocycles. The lowest BCUT2D eigenvalue weighted by atomic mass is 10.2. The molecule has 1 saturated heterocycles. The van der Waals surface area contributed by atoms with Gasteiger partial charge in [-0.1, -0.05) is 0 Å². The Hall–Kier alpha value is 0.170. The lowest BCUT2D eigenvalue weighted by Crippen LogP contribution is -2.32. The van der Waals surface area contributed by atoms with E-state index in [2.05, 4.69) is 5.32 Å². The van der Waals surface area contributed by atoms with Crippen molar-refractivity contribution in [3.8, 4) is 0 Å². The number of halogens is 1. The van der Waals surface area contributed by atoms with E-state index in [0.29, 0.717) is 0 Å². The van der Waals surface area contributed by atoms with Crippen molar-refractivity contribution < 1.29 is 9.84 Å². The molecule has 1 fully saturated rings. The number of aliphatic hydroxyl groups is 1. The molecule has 62 valence electrons. The van der Waals surface area contributed by atoms with E-state index in [-0.39, 0.29) is 25.1 Å². The second-order valence-electron chi connectivity index (χ2n) is 2.23. The maximum Gasteiger partial charge on any atom is 0.0591 e. The third kappa shape index (κ3) is 3.37. The minimum Gasteiger partial charge on any atom is -0.395 e. The Labute approximate surface area is 67.2 Å². The zero-order valence-corrected chi connectivity index (χ0v) is 6.69. The molecule has 0 spiro atoms. The fourth-order valence-electron chi connectivity index (χ4n) is 0.921. The molecule has 10 heavy (non-hydrogen) atoms. The van der Waals surface area contributed by atoms with Crippen LogP contribution in [0.5, 0.6) is 0 Å². The standard InChI is InChI=1S/C6H13NO2.ClH/c8-5-6-1-3-9-4-2-7-6;/h6-8H,1-5H2;1H. The maximum atomic E-state index is 8.70. The number of aliphatic hydroxyl groups excluding tert-OH is 1. The molecule has 1 atom stereocenters. The van der Waals surface area contributed by atoms with E-state index in [0.717, 1.165) is 26.2 Å². The first kappa shape index (κ1) is 10.2. The SMILES string of the molecule is Cl.OCC1CCOCCN1. The molecule has 0 aliphatic carbocycles. The van der Waals surface area contributed by atoms with Crippen LogP contribution in [-0.4, -0.2) is 37.5 Å². The third-order valence-electron chi connectivity index (χ3n) is 1.51. The average molecular weight is 168 g/mol. The van der Waals surface area contributed by atoms with E-state index in [9.17, 15) is 0 Å². The van der Waals surface area contributed by atoms with Crippen LogP contribution < -0.4 is 5.32 Å². The third-order valence-corrected chi connectivity index (χ3v) is 1.51. The minimum absolute atomic E-state index is 0. The van der Waals surface area contributed by atoms with E-state index >= 15 is 0 Å². The summed E-state index contributed by atoms with van der Waals surface area (Å²) in [6.45, 7) is 2.64. The van der Waals surface area contributed by atoms with Crippen molar-refractivity contribution in [2.75, 3.05) is 26.4 Å². The summed E-state index contributed by atoms with van der Waals surface area (Å²) in [5.41, 5.74) is 0. The van der Waals surface area contributed by atoms with E-state index in [1.54, 1.807) is 0 Å². The van der Waals surface area contributed by atoms with E-state index < -0.39 is 0 Å². The van der Waals surface area contributed by atoms with E-state index in [4.69, 9.17) is 9.84 Å². The van der Waals surface area contributed by atoms with Gasteiger partial charge in [0.05, 0.1) is 13.2 Å². The summed E-state index contributed by atoms with van der Waals surface area (Å²) in [5, 5.41) is 11.9. The molecule has 0 aromatic heterocycles. The highest BCUT2D eigenvalue weighted by atomic mass is 35.5. The Bertz CT molecular complexity index is 74.1. The second kappa shape index (κ2) is 5.92. The first-order valence-corrected chi connectivity index (χ1v) is 3.35. The predicted octanol–water partition coefficient (Wildman–Crippen LogP) is -0.221. The van der Waals surface area contributed by atoms with Crippen molar-refractivity contribution in [3.63, 3.8) is 0 Å². The lowest BCUT2D eigenvalue weighted by Gasteiger charge is -2.09. The van der Waals surface area contributed by atoms with Crippen LogP contribution in [0.25, 0.3) is 0 Å². The summed E-state index contributed by atoms with van der Waals surface area (Å²) < 4.78 is 5.15. The van der Waals surface area contributed by atoms with E-state index in [1.807, 2.05) is 0 Å². The molecule has 3 nitrogen and oxygen atoms in total. The smallest absolute Gasteiger partial charge is 0.0591 e. The Morgan fingerprint density at radius 3 is 3.00 bits per heavy atom. The van der Waals surface area contributed by atoms with Gasteiger partial charge in [0.25, 0.3) is 0 Å². The Morgan fingerprint density at radius 2 is 2.30 bits per heavy atom. The van der Waals surface area contributed by atoms with Gasteiger partial charge in [-0.15, -0.1) is 12.4 Å². The van der Waals surface area contributed by atoms with Gasteiger partial charge in [0, 0.05) is 19.2 Å². The number of ether oxygens (including phenoxy) is 1. The molecule has 0 aromatic carbocycles. The number of rotatable bonds is 1. The zero-order chi connectivity index (χ0) is 6.53. The highest BCUT2D eigenvalue weighted by Gasteiger charge is 2.08. The second-order valence-corrected chi connectivity index (χ2v) is 2.23. The topological polar surface area (TPSA) is 41.5 Å². The summed E-state index contributed by atoms with van der Waals surface area (Å²) in [7, 11) is 0. The Balaban J connectivity index is 0.000000810. The largest absolute Gasteiger partial charge is 0.395 e. The average Bonchev–Trinajstić information content (AvgIpc) is 2.13. The molecule has 4 heteroatoms. The number of hydrogen-bond acceptors (Lipinski definition) is 3. The van der Waals surface area contributed by atoms with Gasteiger partial charge in [0.15, 0.2) is 0 Å². The summed E-state index contributed by atoms with van der Waals surface area (Å²) in [6.07, 6.45) is 0.927. The van der Waals surface area contributed by atoms with Crippen molar-refractivity contribution in [2.45, 2.75) is 12.5 Å². The molecule has 0 bridgehead atoms. The van der Waals surface area contributed by atoms with Gasteiger partial charge in [-0.05, 0) is 6.42 Å². The van der Waals surface area contributed by atoms with Gasteiger partial charge in [-0.25, -0.2) is 0 Å². The molecule has 1 rings (SSSR count). The van der Waals surface area contributed by atoms with Crippen molar-refractivity contribution in [1.29, 1.82) is 0 Å². The first-order chi connectivity index (χ1) is 4.43. The van der Waals surface area contributed by atoms with Crippen molar-refractivity contribution in [1.82, 2.24) is 5.32 Å². The molecular formula is C6H14ClNO2. The van der Waals surface area contributed by atoms with Crippen LogP contribution in [0.2, 0.25) is 0 Å². The molecule has 1 unspecified atom stereocenters. The maximum absolute atomic E-state index is 8.70. The normalized spacial score (nSPS) is 26.7. The molecule has 2 N–H and O–H groups in total. The summed E-state index contributed by atoms with van der Waals surface area (Å²) in [6, 6.07) is 0.257. The Kier molecular flexibility index (Phi) is 6.02. The fourth-order valence-corrected chi connectivity index (χ4v) is 0.921. The number of nitrogens with one attached hydrogen (secondary N) is 1. The molecular weight excluding hydrogens is 154 g/mol. The highest BCUT2D eigenvalue weighted by molar-refractivity contribution is 5.85. The van der Waals surface area contributed by atoms with Gasteiger partial charge >= 0.3 is 0 Å².